The van der Waals surface area contributed by atoms with Crippen LogP contribution in [0, 0.1) is 12.8 Å². The van der Waals surface area contributed by atoms with Gasteiger partial charge in [0.25, 0.3) is 5.91 Å². The molecule has 1 atom stereocenters. The number of hydrogen-bond acceptors (Lipinski definition) is 2. The van der Waals surface area contributed by atoms with Crippen molar-refractivity contribution in [2.75, 3.05) is 13.6 Å². The van der Waals surface area contributed by atoms with Gasteiger partial charge in [0.05, 0.1) is 9.35 Å². The first-order valence-electron chi connectivity index (χ1n) is 5.64. The Kier molecular flexibility index (Phi) is 2.41. The molecule has 1 aromatic rings. The second-order valence-electron chi connectivity index (χ2n) is 4.87. The SMILES string of the molecule is Cc1c(Br)sc2c1C(=O)N(C)CC2C1CC1. The number of fused-ring (bicyclic) bond motifs is 1. The van der Waals surface area contributed by atoms with E-state index in [1.165, 1.54) is 17.7 Å². The second kappa shape index (κ2) is 3.57. The van der Waals surface area contributed by atoms with Crippen LogP contribution in [0.25, 0.3) is 0 Å². The van der Waals surface area contributed by atoms with Gasteiger partial charge in [0.1, 0.15) is 0 Å². The molecule has 1 fully saturated rings. The van der Waals surface area contributed by atoms with Crippen LogP contribution in [0.2, 0.25) is 0 Å². The zero-order valence-electron chi connectivity index (χ0n) is 9.42. The minimum Gasteiger partial charge on any atom is -0.341 e. The van der Waals surface area contributed by atoms with Crippen molar-refractivity contribution in [1.29, 1.82) is 0 Å². The summed E-state index contributed by atoms with van der Waals surface area (Å²) in [5, 5.41) is 0. The largest absolute Gasteiger partial charge is 0.341 e. The fourth-order valence-corrected chi connectivity index (χ4v) is 4.48. The molecule has 3 rings (SSSR count). The number of likely N-dealkylation sites (N-methyl/N-ethyl adjacent to an activating group) is 1. The number of nitrogens with zero attached hydrogens (tertiary/aromatic N) is 1. The van der Waals surface area contributed by atoms with Crippen LogP contribution in [-0.2, 0) is 0 Å². The minimum absolute atomic E-state index is 0.200. The number of rotatable bonds is 1. The lowest BCUT2D eigenvalue weighted by atomic mass is 9.92. The van der Waals surface area contributed by atoms with E-state index in [0.717, 1.165) is 27.4 Å². The Bertz CT molecular complexity index is 464. The second-order valence-corrected chi connectivity index (χ2v) is 7.24. The fraction of sp³-hybridized carbons (Fsp3) is 0.583. The molecule has 1 unspecified atom stereocenters. The highest BCUT2D eigenvalue weighted by Crippen LogP contribution is 2.50. The zero-order valence-corrected chi connectivity index (χ0v) is 11.8. The number of thiophene rings is 1. The highest BCUT2D eigenvalue weighted by molar-refractivity contribution is 9.11. The molecular weight excluding hydrogens is 286 g/mol. The number of halogens is 1. The van der Waals surface area contributed by atoms with E-state index in [4.69, 9.17) is 0 Å². The van der Waals surface area contributed by atoms with Gasteiger partial charge in [0.2, 0.25) is 0 Å². The summed E-state index contributed by atoms with van der Waals surface area (Å²) in [4.78, 5) is 15.4. The predicted molar refractivity (Wildman–Crippen MR) is 69.2 cm³/mol. The van der Waals surface area contributed by atoms with E-state index in [1.807, 2.05) is 18.9 Å². The number of amides is 1. The third kappa shape index (κ3) is 1.46. The van der Waals surface area contributed by atoms with Crippen LogP contribution < -0.4 is 0 Å². The van der Waals surface area contributed by atoms with Crippen LogP contribution in [0.3, 0.4) is 0 Å². The first-order chi connectivity index (χ1) is 7.59. The van der Waals surface area contributed by atoms with Crippen molar-refractivity contribution in [1.82, 2.24) is 4.90 Å². The molecular formula is C12H14BrNOS. The van der Waals surface area contributed by atoms with Crippen LogP contribution in [0.5, 0.6) is 0 Å². The Morgan fingerprint density at radius 3 is 2.75 bits per heavy atom. The van der Waals surface area contributed by atoms with E-state index in [9.17, 15) is 4.79 Å². The summed E-state index contributed by atoms with van der Waals surface area (Å²) in [6.45, 7) is 2.95. The van der Waals surface area contributed by atoms with Crippen molar-refractivity contribution in [2.24, 2.45) is 5.92 Å². The van der Waals surface area contributed by atoms with Gasteiger partial charge in [-0.1, -0.05) is 0 Å². The number of carbonyl (C=O) groups excluding carboxylic acids is 1. The van der Waals surface area contributed by atoms with Gasteiger partial charge in [-0.3, -0.25) is 4.79 Å². The van der Waals surface area contributed by atoms with E-state index in [-0.39, 0.29) is 5.91 Å². The summed E-state index contributed by atoms with van der Waals surface area (Å²) in [6.07, 6.45) is 2.67. The quantitative estimate of drug-likeness (QED) is 0.778. The van der Waals surface area contributed by atoms with Gasteiger partial charge in [-0.05, 0) is 47.2 Å². The summed E-state index contributed by atoms with van der Waals surface area (Å²) < 4.78 is 1.13. The van der Waals surface area contributed by atoms with E-state index >= 15 is 0 Å². The molecule has 1 aliphatic carbocycles. The Balaban J connectivity index is 2.13. The summed E-state index contributed by atoms with van der Waals surface area (Å²) >= 11 is 5.34. The normalized spacial score (nSPS) is 24.8. The predicted octanol–water partition coefficient (Wildman–Crippen LogP) is 3.40. The van der Waals surface area contributed by atoms with Gasteiger partial charge in [0, 0.05) is 24.4 Å². The lowest BCUT2D eigenvalue weighted by molar-refractivity contribution is 0.0762. The average molecular weight is 300 g/mol. The highest BCUT2D eigenvalue weighted by atomic mass is 79.9. The third-order valence-corrected chi connectivity index (χ3v) is 5.97. The summed E-state index contributed by atoms with van der Waals surface area (Å²) in [5.74, 6) is 1.61. The average Bonchev–Trinajstić information content (AvgIpc) is 3.02. The molecule has 0 aromatic carbocycles. The number of hydrogen-bond donors (Lipinski definition) is 0. The molecule has 4 heteroatoms. The molecule has 1 saturated carbocycles. The van der Waals surface area contributed by atoms with Crippen molar-refractivity contribution in [3.63, 3.8) is 0 Å². The van der Waals surface area contributed by atoms with Crippen molar-refractivity contribution >= 4 is 33.2 Å². The molecule has 0 N–H and O–H groups in total. The first-order valence-corrected chi connectivity index (χ1v) is 7.24. The third-order valence-electron chi connectivity index (χ3n) is 3.67. The highest BCUT2D eigenvalue weighted by Gasteiger charge is 2.41. The number of carbonyl (C=O) groups is 1. The van der Waals surface area contributed by atoms with Gasteiger partial charge in [-0.25, -0.2) is 0 Å². The molecule has 86 valence electrons. The maximum absolute atomic E-state index is 12.2. The van der Waals surface area contributed by atoms with Gasteiger partial charge < -0.3 is 4.90 Å². The Morgan fingerprint density at radius 2 is 2.12 bits per heavy atom. The monoisotopic (exact) mass is 299 g/mol. The maximum Gasteiger partial charge on any atom is 0.255 e. The lowest BCUT2D eigenvalue weighted by Crippen LogP contribution is -2.37. The maximum atomic E-state index is 12.2. The van der Waals surface area contributed by atoms with Gasteiger partial charge >= 0.3 is 0 Å². The van der Waals surface area contributed by atoms with E-state index in [1.54, 1.807) is 11.3 Å². The molecule has 2 aliphatic rings. The van der Waals surface area contributed by atoms with E-state index < -0.39 is 0 Å². The minimum atomic E-state index is 0.200. The molecule has 2 heterocycles. The topological polar surface area (TPSA) is 20.3 Å². The molecule has 0 radical (unpaired) electrons. The molecule has 1 aromatic heterocycles. The smallest absolute Gasteiger partial charge is 0.255 e. The van der Waals surface area contributed by atoms with Crippen LogP contribution in [0.1, 0.15) is 39.6 Å². The zero-order chi connectivity index (χ0) is 11.4. The molecule has 16 heavy (non-hydrogen) atoms. The van der Waals surface area contributed by atoms with Gasteiger partial charge in [-0.2, -0.15) is 0 Å². The molecule has 0 bridgehead atoms. The molecule has 1 aliphatic heterocycles. The van der Waals surface area contributed by atoms with E-state index in [2.05, 4.69) is 15.9 Å². The van der Waals surface area contributed by atoms with Crippen LogP contribution in [0.15, 0.2) is 3.79 Å². The summed E-state index contributed by atoms with van der Waals surface area (Å²) in [7, 11) is 1.92. The van der Waals surface area contributed by atoms with Crippen LogP contribution >= 0.6 is 27.3 Å². The van der Waals surface area contributed by atoms with Crippen molar-refractivity contribution in [3.05, 3.63) is 19.8 Å². The lowest BCUT2D eigenvalue weighted by Gasteiger charge is -2.30. The Morgan fingerprint density at radius 1 is 1.44 bits per heavy atom. The first kappa shape index (κ1) is 10.8. The summed E-state index contributed by atoms with van der Waals surface area (Å²) in [5.41, 5.74) is 2.10. The fourth-order valence-electron chi connectivity index (χ4n) is 2.55. The molecule has 2 nitrogen and oxygen atoms in total. The summed E-state index contributed by atoms with van der Waals surface area (Å²) in [6, 6.07) is 0. The van der Waals surface area contributed by atoms with Crippen molar-refractivity contribution in [3.8, 4) is 0 Å². The molecule has 0 spiro atoms. The van der Waals surface area contributed by atoms with Crippen LogP contribution in [0.4, 0.5) is 0 Å². The Hall–Kier alpha value is -0.350. The standard InChI is InChI=1S/C12H14BrNOS/c1-6-9-10(16-11(6)13)8(7-3-4-7)5-14(2)12(9)15/h7-8H,3-5H2,1-2H3. The molecule has 1 amide bonds. The van der Waals surface area contributed by atoms with E-state index in [0.29, 0.717) is 5.92 Å². The van der Waals surface area contributed by atoms with Gasteiger partial charge in [0.15, 0.2) is 0 Å². The van der Waals surface area contributed by atoms with Gasteiger partial charge in [-0.15, -0.1) is 11.3 Å². The van der Waals surface area contributed by atoms with Crippen molar-refractivity contribution < 1.29 is 4.79 Å². The Labute approximate surface area is 108 Å². The van der Waals surface area contributed by atoms with Crippen molar-refractivity contribution in [2.45, 2.75) is 25.7 Å². The molecule has 0 saturated heterocycles. The van der Waals surface area contributed by atoms with Crippen LogP contribution in [-0.4, -0.2) is 24.4 Å².